The average Bonchev–Trinajstić information content (AvgIpc) is 2.66. The Morgan fingerprint density at radius 2 is 1.04 bits per heavy atom. The van der Waals surface area contributed by atoms with Gasteiger partial charge in [0, 0.05) is 12.8 Å². The molecule has 27 heavy (non-hydrogen) atoms. The number of rotatable bonds is 19. The summed E-state index contributed by atoms with van der Waals surface area (Å²) in [5.74, 6) is -0.379. The zero-order valence-corrected chi connectivity index (χ0v) is 17.8. The summed E-state index contributed by atoms with van der Waals surface area (Å²) < 4.78 is 10.2. The first-order chi connectivity index (χ1) is 13.2. The van der Waals surface area contributed by atoms with Crippen LogP contribution in [0.2, 0.25) is 0 Å². The Labute approximate surface area is 167 Å². The highest BCUT2D eigenvalue weighted by Gasteiger charge is 2.05. The molecule has 0 aliphatic carbocycles. The molecule has 0 saturated carbocycles. The molecule has 0 aliphatic rings. The van der Waals surface area contributed by atoms with Crippen LogP contribution >= 0.6 is 0 Å². The molecule has 0 bridgehead atoms. The third-order valence-corrected chi connectivity index (χ3v) is 4.49. The third kappa shape index (κ3) is 20.8. The number of esters is 2. The highest BCUT2D eigenvalue weighted by Crippen LogP contribution is 2.09. The van der Waals surface area contributed by atoms with Gasteiger partial charge < -0.3 is 9.47 Å². The lowest BCUT2D eigenvalue weighted by Gasteiger charge is -2.06. The maximum Gasteiger partial charge on any atom is 0.305 e. The zero-order valence-electron chi connectivity index (χ0n) is 17.8. The van der Waals surface area contributed by atoms with Crippen molar-refractivity contribution in [1.82, 2.24) is 0 Å². The largest absolute Gasteiger partial charge is 0.462 e. The Morgan fingerprint density at radius 3 is 1.59 bits per heavy atom. The zero-order chi connectivity index (χ0) is 20.0. The molecule has 4 nitrogen and oxygen atoms in total. The predicted molar refractivity (Wildman–Crippen MR) is 112 cm³/mol. The van der Waals surface area contributed by atoms with E-state index in [0.29, 0.717) is 12.8 Å². The van der Waals surface area contributed by atoms with E-state index in [1.165, 1.54) is 44.9 Å². The maximum absolute atomic E-state index is 11.6. The molecule has 0 atom stereocenters. The fraction of sp³-hybridized carbons (Fsp3) is 0.826. The molecule has 0 N–H and O–H groups in total. The molecule has 0 aromatic carbocycles. The Bertz CT molecular complexity index is 377. The Kier molecular flexibility index (Phi) is 20.0. The predicted octanol–water partition coefficient (Wildman–Crippen LogP) is 6.52. The van der Waals surface area contributed by atoms with Gasteiger partial charge in [-0.05, 0) is 32.1 Å². The molecular weight excluding hydrogens is 340 g/mol. The van der Waals surface area contributed by atoms with Crippen LogP contribution in [-0.4, -0.2) is 25.2 Å². The summed E-state index contributed by atoms with van der Waals surface area (Å²) in [4.78, 5) is 23.1. The van der Waals surface area contributed by atoms with E-state index >= 15 is 0 Å². The van der Waals surface area contributed by atoms with Crippen molar-refractivity contribution in [2.24, 2.45) is 0 Å². The van der Waals surface area contributed by atoms with Crippen molar-refractivity contribution < 1.29 is 19.1 Å². The monoisotopic (exact) mass is 382 g/mol. The van der Waals surface area contributed by atoms with E-state index in [4.69, 9.17) is 9.47 Å². The van der Waals surface area contributed by atoms with Gasteiger partial charge in [0.25, 0.3) is 0 Å². The Hall–Kier alpha value is -1.32. The summed E-state index contributed by atoms with van der Waals surface area (Å²) in [6, 6.07) is 0. The molecule has 158 valence electrons. The molecule has 0 amide bonds. The lowest BCUT2D eigenvalue weighted by molar-refractivity contribution is -0.152. The highest BCUT2D eigenvalue weighted by atomic mass is 16.6. The van der Waals surface area contributed by atoms with Crippen LogP contribution in [0.5, 0.6) is 0 Å². The second kappa shape index (κ2) is 21.0. The first-order valence-corrected chi connectivity index (χ1v) is 11.2. The Morgan fingerprint density at radius 1 is 0.593 bits per heavy atom. The molecule has 0 aromatic heterocycles. The minimum Gasteiger partial charge on any atom is -0.462 e. The molecule has 4 heteroatoms. The van der Waals surface area contributed by atoms with Crippen LogP contribution in [0.25, 0.3) is 0 Å². The quantitative estimate of drug-likeness (QED) is 0.145. The van der Waals surface area contributed by atoms with Crippen molar-refractivity contribution in [2.45, 2.75) is 110 Å². The van der Waals surface area contributed by atoms with Gasteiger partial charge in [-0.25, -0.2) is 0 Å². The van der Waals surface area contributed by atoms with Crippen molar-refractivity contribution in [3.05, 3.63) is 12.2 Å². The van der Waals surface area contributed by atoms with Gasteiger partial charge in [0.15, 0.2) is 0 Å². The van der Waals surface area contributed by atoms with Gasteiger partial charge >= 0.3 is 11.9 Å². The number of hydrogen-bond acceptors (Lipinski definition) is 4. The fourth-order valence-electron chi connectivity index (χ4n) is 2.77. The van der Waals surface area contributed by atoms with E-state index in [1.54, 1.807) is 0 Å². The van der Waals surface area contributed by atoms with Gasteiger partial charge in [-0.2, -0.15) is 0 Å². The van der Waals surface area contributed by atoms with Crippen molar-refractivity contribution in [3.8, 4) is 0 Å². The van der Waals surface area contributed by atoms with Crippen molar-refractivity contribution in [3.63, 3.8) is 0 Å². The summed E-state index contributed by atoms with van der Waals surface area (Å²) >= 11 is 0. The third-order valence-electron chi connectivity index (χ3n) is 4.49. The van der Waals surface area contributed by atoms with Crippen molar-refractivity contribution in [2.75, 3.05) is 13.2 Å². The van der Waals surface area contributed by atoms with Gasteiger partial charge in [0.1, 0.15) is 13.2 Å². The molecular formula is C23H42O4. The second-order valence-electron chi connectivity index (χ2n) is 7.17. The number of unbranched alkanes of at least 4 members (excludes halogenated alkanes) is 10. The first kappa shape index (κ1) is 25.7. The smallest absolute Gasteiger partial charge is 0.305 e. The number of carbonyl (C=O) groups is 2. The lowest BCUT2D eigenvalue weighted by atomic mass is 10.1. The molecule has 0 unspecified atom stereocenters. The summed E-state index contributed by atoms with van der Waals surface area (Å²) in [5.41, 5.74) is 0. The van der Waals surface area contributed by atoms with Crippen LogP contribution < -0.4 is 0 Å². The minimum atomic E-state index is -0.192. The molecule has 0 fully saturated rings. The maximum atomic E-state index is 11.6. The van der Waals surface area contributed by atoms with E-state index < -0.39 is 0 Å². The van der Waals surface area contributed by atoms with E-state index in [1.807, 2.05) is 0 Å². The molecule has 0 heterocycles. The van der Waals surface area contributed by atoms with E-state index in [-0.39, 0.29) is 25.2 Å². The lowest BCUT2D eigenvalue weighted by Crippen LogP contribution is -2.13. The van der Waals surface area contributed by atoms with Gasteiger partial charge in [-0.1, -0.05) is 77.4 Å². The van der Waals surface area contributed by atoms with Crippen LogP contribution in [0.4, 0.5) is 0 Å². The SMILES string of the molecule is CCCC/C=C\CCCCCCCC(=O)OCCOC(=O)CCCCCC. The van der Waals surface area contributed by atoms with Crippen LogP contribution in [-0.2, 0) is 19.1 Å². The Balaban J connectivity index is 3.32. The van der Waals surface area contributed by atoms with Crippen LogP contribution in [0.3, 0.4) is 0 Å². The normalized spacial score (nSPS) is 11.0. The molecule has 0 aromatic rings. The molecule has 0 rings (SSSR count). The summed E-state index contributed by atoms with van der Waals surface area (Å²) in [6.07, 6.45) is 20.3. The molecule has 0 radical (unpaired) electrons. The van der Waals surface area contributed by atoms with Gasteiger partial charge in [0.05, 0.1) is 0 Å². The molecule has 0 aliphatic heterocycles. The van der Waals surface area contributed by atoms with E-state index in [2.05, 4.69) is 26.0 Å². The summed E-state index contributed by atoms with van der Waals surface area (Å²) in [7, 11) is 0. The number of allylic oxidation sites excluding steroid dienone is 2. The number of hydrogen-bond donors (Lipinski definition) is 0. The summed E-state index contributed by atoms with van der Waals surface area (Å²) in [5, 5.41) is 0. The molecule has 0 saturated heterocycles. The van der Waals surface area contributed by atoms with Gasteiger partial charge in [0.2, 0.25) is 0 Å². The first-order valence-electron chi connectivity index (χ1n) is 11.2. The van der Waals surface area contributed by atoms with E-state index in [9.17, 15) is 9.59 Å². The van der Waals surface area contributed by atoms with Crippen LogP contribution in [0.1, 0.15) is 110 Å². The standard InChI is InChI=1S/C23H42O4/c1-3-5-7-9-10-11-12-13-14-15-17-19-23(25)27-21-20-26-22(24)18-16-8-6-4-2/h9-10H,3-8,11-21H2,1-2H3/b10-9-. The number of ether oxygens (including phenoxy) is 2. The molecule has 0 spiro atoms. The van der Waals surface area contributed by atoms with Crippen LogP contribution in [0.15, 0.2) is 12.2 Å². The minimum absolute atomic E-state index is 0.171. The van der Waals surface area contributed by atoms with Gasteiger partial charge in [-0.15, -0.1) is 0 Å². The highest BCUT2D eigenvalue weighted by molar-refractivity contribution is 5.70. The topological polar surface area (TPSA) is 52.6 Å². The van der Waals surface area contributed by atoms with Gasteiger partial charge in [-0.3, -0.25) is 9.59 Å². The second-order valence-corrected chi connectivity index (χ2v) is 7.17. The average molecular weight is 383 g/mol. The van der Waals surface area contributed by atoms with E-state index in [0.717, 1.165) is 38.5 Å². The van der Waals surface area contributed by atoms with Crippen molar-refractivity contribution in [1.29, 1.82) is 0 Å². The number of carbonyl (C=O) groups excluding carboxylic acids is 2. The van der Waals surface area contributed by atoms with Crippen LogP contribution in [0, 0.1) is 0 Å². The summed E-state index contributed by atoms with van der Waals surface area (Å²) in [6.45, 7) is 4.70. The van der Waals surface area contributed by atoms with Crippen molar-refractivity contribution >= 4 is 11.9 Å². The fourth-order valence-corrected chi connectivity index (χ4v) is 2.77.